The third-order valence-electron chi connectivity index (χ3n) is 2.94. The number of alkyl halides is 3. The minimum atomic E-state index is -4.43. The van der Waals surface area contributed by atoms with Crippen LogP contribution in [0.25, 0.3) is 0 Å². The fourth-order valence-electron chi connectivity index (χ4n) is 1.91. The van der Waals surface area contributed by atoms with Gasteiger partial charge in [-0.05, 0) is 13.1 Å². The van der Waals surface area contributed by atoms with Gasteiger partial charge in [-0.2, -0.15) is 13.2 Å². The summed E-state index contributed by atoms with van der Waals surface area (Å²) in [6, 6.07) is 0.933. The van der Waals surface area contributed by atoms with E-state index in [1.165, 1.54) is 6.20 Å². The van der Waals surface area contributed by atoms with Gasteiger partial charge in [-0.1, -0.05) is 11.6 Å². The zero-order valence-corrected chi connectivity index (χ0v) is 10.6. The second-order valence-corrected chi connectivity index (χ2v) is 4.75. The molecular weight excluding hydrogens is 267 g/mol. The van der Waals surface area contributed by atoms with Gasteiger partial charge in [0.2, 0.25) is 0 Å². The number of likely N-dealkylation sites (N-methyl/N-ethyl adjacent to an activating group) is 1. The molecule has 0 amide bonds. The zero-order chi connectivity index (χ0) is 13.3. The molecule has 0 unspecified atom stereocenters. The molecular formula is C11H13ClF3N3. The number of nitrogens with zero attached hydrogens (tertiary/aromatic N) is 3. The molecule has 1 aliphatic rings. The molecule has 1 fully saturated rings. The summed E-state index contributed by atoms with van der Waals surface area (Å²) in [7, 11) is 1.94. The Kier molecular flexibility index (Phi) is 3.68. The van der Waals surface area contributed by atoms with E-state index in [1.807, 2.05) is 7.05 Å². The summed E-state index contributed by atoms with van der Waals surface area (Å²) in [4.78, 5) is 7.57. The van der Waals surface area contributed by atoms with Crippen LogP contribution in [0.3, 0.4) is 0 Å². The van der Waals surface area contributed by atoms with Gasteiger partial charge in [0.25, 0.3) is 0 Å². The third kappa shape index (κ3) is 2.87. The van der Waals surface area contributed by atoms with E-state index < -0.39 is 11.7 Å². The molecule has 0 bridgehead atoms. The van der Waals surface area contributed by atoms with Crippen LogP contribution in [0.15, 0.2) is 12.3 Å². The van der Waals surface area contributed by atoms with Gasteiger partial charge >= 0.3 is 6.18 Å². The van der Waals surface area contributed by atoms with Crippen molar-refractivity contribution in [2.75, 3.05) is 38.1 Å². The normalized spacial score (nSPS) is 18.2. The molecule has 0 aromatic carbocycles. The van der Waals surface area contributed by atoms with Crippen molar-refractivity contribution >= 4 is 17.4 Å². The zero-order valence-electron chi connectivity index (χ0n) is 9.84. The van der Waals surface area contributed by atoms with Crippen molar-refractivity contribution in [2.45, 2.75) is 6.18 Å². The molecule has 0 spiro atoms. The van der Waals surface area contributed by atoms with E-state index >= 15 is 0 Å². The van der Waals surface area contributed by atoms with Crippen LogP contribution in [-0.4, -0.2) is 43.1 Å². The first-order valence-electron chi connectivity index (χ1n) is 5.54. The summed E-state index contributed by atoms with van der Waals surface area (Å²) in [5.41, 5.74) is -0.764. The molecule has 1 aromatic heterocycles. The number of rotatable bonds is 1. The number of piperazine rings is 1. The summed E-state index contributed by atoms with van der Waals surface area (Å²) in [5.74, 6) is -0.0278. The lowest BCUT2D eigenvalue weighted by Crippen LogP contribution is -2.45. The van der Waals surface area contributed by atoms with Gasteiger partial charge in [-0.25, -0.2) is 4.98 Å². The van der Waals surface area contributed by atoms with Crippen molar-refractivity contribution in [2.24, 2.45) is 0 Å². The first-order valence-corrected chi connectivity index (χ1v) is 5.92. The quantitative estimate of drug-likeness (QED) is 0.787. The molecule has 18 heavy (non-hydrogen) atoms. The highest BCUT2D eigenvalue weighted by atomic mass is 35.5. The molecule has 0 saturated carbocycles. The van der Waals surface area contributed by atoms with Crippen LogP contribution in [0.5, 0.6) is 0 Å². The average Bonchev–Trinajstić information content (AvgIpc) is 2.29. The number of halogens is 4. The number of aromatic nitrogens is 1. The molecule has 1 saturated heterocycles. The van der Waals surface area contributed by atoms with Crippen molar-refractivity contribution in [3.05, 3.63) is 22.8 Å². The molecule has 1 aromatic rings. The number of hydrogen-bond acceptors (Lipinski definition) is 3. The number of pyridine rings is 1. The molecule has 2 rings (SSSR count). The summed E-state index contributed by atoms with van der Waals surface area (Å²) >= 11 is 5.60. The van der Waals surface area contributed by atoms with Crippen molar-refractivity contribution < 1.29 is 13.2 Å². The highest BCUT2D eigenvalue weighted by Crippen LogP contribution is 2.36. The van der Waals surface area contributed by atoms with E-state index in [1.54, 1.807) is 4.90 Å². The summed E-state index contributed by atoms with van der Waals surface area (Å²) in [6.07, 6.45) is -3.18. The minimum Gasteiger partial charge on any atom is -0.354 e. The highest BCUT2D eigenvalue weighted by Gasteiger charge is 2.36. The van der Waals surface area contributed by atoms with E-state index in [4.69, 9.17) is 11.6 Å². The van der Waals surface area contributed by atoms with Gasteiger partial charge in [0.05, 0.1) is 10.6 Å². The van der Waals surface area contributed by atoms with E-state index in [0.717, 1.165) is 19.2 Å². The number of hydrogen-bond donors (Lipinski definition) is 0. The SMILES string of the molecule is CN1CCN(c2ncc(Cl)cc2C(F)(F)F)CC1. The Morgan fingerprint density at radius 1 is 1.22 bits per heavy atom. The Morgan fingerprint density at radius 3 is 2.39 bits per heavy atom. The molecule has 1 aliphatic heterocycles. The van der Waals surface area contributed by atoms with E-state index in [2.05, 4.69) is 9.88 Å². The maximum absolute atomic E-state index is 12.9. The van der Waals surface area contributed by atoms with Crippen molar-refractivity contribution in [1.29, 1.82) is 0 Å². The molecule has 0 aliphatic carbocycles. The largest absolute Gasteiger partial charge is 0.420 e. The van der Waals surface area contributed by atoms with Crippen LogP contribution in [-0.2, 0) is 6.18 Å². The van der Waals surface area contributed by atoms with Gasteiger partial charge in [0.15, 0.2) is 0 Å². The highest BCUT2D eigenvalue weighted by molar-refractivity contribution is 6.30. The average molecular weight is 280 g/mol. The lowest BCUT2D eigenvalue weighted by atomic mass is 10.2. The van der Waals surface area contributed by atoms with E-state index in [9.17, 15) is 13.2 Å². The Labute approximate surface area is 108 Å². The molecule has 0 radical (unpaired) electrons. The van der Waals surface area contributed by atoms with Gasteiger partial charge in [0.1, 0.15) is 5.82 Å². The molecule has 3 nitrogen and oxygen atoms in total. The standard InChI is InChI=1S/C11H13ClF3N3/c1-17-2-4-18(5-3-17)10-9(11(13,14)15)6-8(12)7-16-10/h6-7H,2-5H2,1H3. The molecule has 2 heterocycles. The van der Waals surface area contributed by atoms with Crippen LogP contribution in [0, 0.1) is 0 Å². The van der Waals surface area contributed by atoms with Crippen molar-refractivity contribution in [1.82, 2.24) is 9.88 Å². The Hall–Kier alpha value is -1.01. The van der Waals surface area contributed by atoms with Crippen LogP contribution in [0.2, 0.25) is 5.02 Å². The second kappa shape index (κ2) is 4.93. The first-order chi connectivity index (χ1) is 8.38. The number of anilines is 1. The van der Waals surface area contributed by atoms with Gasteiger partial charge in [-0.15, -0.1) is 0 Å². The van der Waals surface area contributed by atoms with E-state index in [0.29, 0.717) is 13.1 Å². The summed E-state index contributed by atoms with van der Waals surface area (Å²) in [5, 5.41) is 0.000187. The lowest BCUT2D eigenvalue weighted by molar-refractivity contribution is -0.137. The van der Waals surface area contributed by atoms with Gasteiger partial charge in [-0.3, -0.25) is 0 Å². The molecule has 7 heteroatoms. The molecule has 0 atom stereocenters. The van der Waals surface area contributed by atoms with Crippen LogP contribution >= 0.6 is 11.6 Å². The summed E-state index contributed by atoms with van der Waals surface area (Å²) < 4.78 is 38.8. The van der Waals surface area contributed by atoms with Crippen molar-refractivity contribution in [3.63, 3.8) is 0 Å². The Balaban J connectivity index is 2.32. The van der Waals surface area contributed by atoms with Gasteiger partial charge < -0.3 is 9.80 Å². The fraction of sp³-hybridized carbons (Fsp3) is 0.545. The Morgan fingerprint density at radius 2 is 1.83 bits per heavy atom. The van der Waals surface area contributed by atoms with Crippen LogP contribution in [0.1, 0.15) is 5.56 Å². The molecule has 0 N–H and O–H groups in total. The molecule has 100 valence electrons. The maximum Gasteiger partial charge on any atom is 0.420 e. The van der Waals surface area contributed by atoms with Gasteiger partial charge in [0, 0.05) is 32.4 Å². The second-order valence-electron chi connectivity index (χ2n) is 4.31. The third-order valence-corrected chi connectivity index (χ3v) is 3.15. The van der Waals surface area contributed by atoms with Crippen molar-refractivity contribution in [3.8, 4) is 0 Å². The predicted molar refractivity (Wildman–Crippen MR) is 64.0 cm³/mol. The monoisotopic (exact) mass is 279 g/mol. The Bertz CT molecular complexity index is 428. The van der Waals surface area contributed by atoms with Crippen LogP contribution in [0.4, 0.5) is 19.0 Å². The topological polar surface area (TPSA) is 19.4 Å². The fourth-order valence-corrected chi connectivity index (χ4v) is 2.07. The van der Waals surface area contributed by atoms with E-state index in [-0.39, 0.29) is 10.8 Å². The van der Waals surface area contributed by atoms with Crippen LogP contribution < -0.4 is 4.90 Å². The first kappa shape index (κ1) is 13.4. The predicted octanol–water partition coefficient (Wildman–Crippen LogP) is 2.51. The minimum absolute atomic E-state index is 0.000187. The lowest BCUT2D eigenvalue weighted by Gasteiger charge is -2.34. The maximum atomic E-state index is 12.9. The smallest absolute Gasteiger partial charge is 0.354 e. The summed E-state index contributed by atoms with van der Waals surface area (Å²) in [6.45, 7) is 2.52.